The number of phenols is 1. The van der Waals surface area contributed by atoms with Gasteiger partial charge in [0.15, 0.2) is 0 Å². The summed E-state index contributed by atoms with van der Waals surface area (Å²) in [5, 5.41) is 16.3. The second kappa shape index (κ2) is 9.01. The first-order valence-corrected chi connectivity index (χ1v) is 8.43. The average molecular weight is 374 g/mol. The van der Waals surface area contributed by atoms with Crippen molar-refractivity contribution in [2.75, 3.05) is 0 Å². The van der Waals surface area contributed by atoms with Crippen molar-refractivity contribution in [3.63, 3.8) is 0 Å². The van der Waals surface area contributed by atoms with Crippen LogP contribution in [0.25, 0.3) is 0 Å². The van der Waals surface area contributed by atoms with Crippen LogP contribution in [0.1, 0.15) is 29.8 Å². The third-order valence-corrected chi connectivity index (χ3v) is 3.84. The summed E-state index contributed by atoms with van der Waals surface area (Å²) in [6, 6.07) is 12.1. The van der Waals surface area contributed by atoms with E-state index in [2.05, 4.69) is 15.8 Å². The third-order valence-electron chi connectivity index (χ3n) is 3.60. The van der Waals surface area contributed by atoms with E-state index in [1.165, 1.54) is 24.4 Å². The fraction of sp³-hybridized carbons (Fsp3) is 0.211. The summed E-state index contributed by atoms with van der Waals surface area (Å²) in [7, 11) is 0. The molecular weight excluding hydrogens is 354 g/mol. The molecule has 2 aromatic carbocycles. The van der Waals surface area contributed by atoms with E-state index in [9.17, 15) is 14.7 Å². The lowest BCUT2D eigenvalue weighted by Gasteiger charge is -2.20. The van der Waals surface area contributed by atoms with Gasteiger partial charge in [-0.05, 0) is 53.9 Å². The largest absolute Gasteiger partial charge is 0.508 e. The van der Waals surface area contributed by atoms with E-state index in [1.54, 1.807) is 30.3 Å². The number of amides is 2. The maximum atomic E-state index is 12.4. The number of hydrogen-bond donors (Lipinski definition) is 3. The molecule has 0 bridgehead atoms. The Morgan fingerprint density at radius 1 is 1.15 bits per heavy atom. The highest BCUT2D eigenvalue weighted by atomic mass is 35.5. The summed E-state index contributed by atoms with van der Waals surface area (Å²) >= 11 is 5.89. The molecule has 0 spiro atoms. The number of benzene rings is 2. The number of hydrazone groups is 1. The van der Waals surface area contributed by atoms with Crippen LogP contribution in [0, 0.1) is 5.92 Å². The average Bonchev–Trinajstić information content (AvgIpc) is 2.60. The SMILES string of the molecule is CC(C)C(NC(=O)c1cccc(Cl)c1)C(=O)NN=Cc1ccc(O)cc1. The zero-order valence-electron chi connectivity index (χ0n) is 14.4. The second-order valence-corrected chi connectivity index (χ2v) is 6.47. The Labute approximate surface area is 156 Å². The molecule has 2 amide bonds. The fourth-order valence-electron chi connectivity index (χ4n) is 2.19. The van der Waals surface area contributed by atoms with Crippen LogP contribution >= 0.6 is 11.6 Å². The van der Waals surface area contributed by atoms with Crippen molar-refractivity contribution < 1.29 is 14.7 Å². The number of phenolic OH excluding ortho intramolecular Hbond substituents is 1. The van der Waals surface area contributed by atoms with Gasteiger partial charge in [0.25, 0.3) is 11.8 Å². The normalized spacial score (nSPS) is 12.2. The zero-order valence-corrected chi connectivity index (χ0v) is 15.2. The Balaban J connectivity index is 2.00. The molecule has 7 heteroatoms. The van der Waals surface area contributed by atoms with Crippen LogP contribution in [0.15, 0.2) is 53.6 Å². The Morgan fingerprint density at radius 3 is 2.46 bits per heavy atom. The molecule has 0 aliphatic rings. The van der Waals surface area contributed by atoms with Crippen molar-refractivity contribution in [3.05, 3.63) is 64.7 Å². The van der Waals surface area contributed by atoms with Crippen molar-refractivity contribution in [3.8, 4) is 5.75 Å². The minimum Gasteiger partial charge on any atom is -0.508 e. The van der Waals surface area contributed by atoms with Crippen molar-refractivity contribution in [2.24, 2.45) is 11.0 Å². The van der Waals surface area contributed by atoms with Gasteiger partial charge in [-0.2, -0.15) is 5.10 Å². The van der Waals surface area contributed by atoms with Crippen molar-refractivity contribution in [1.29, 1.82) is 0 Å². The number of aromatic hydroxyl groups is 1. The van der Waals surface area contributed by atoms with Gasteiger partial charge >= 0.3 is 0 Å². The molecule has 0 radical (unpaired) electrons. The summed E-state index contributed by atoms with van der Waals surface area (Å²) in [5.41, 5.74) is 3.52. The van der Waals surface area contributed by atoms with Crippen LogP contribution in [0.3, 0.4) is 0 Å². The minimum absolute atomic E-state index is 0.137. The first-order valence-electron chi connectivity index (χ1n) is 8.05. The van der Waals surface area contributed by atoms with E-state index in [0.29, 0.717) is 16.1 Å². The summed E-state index contributed by atoms with van der Waals surface area (Å²) < 4.78 is 0. The van der Waals surface area contributed by atoms with E-state index >= 15 is 0 Å². The number of carbonyl (C=O) groups excluding carboxylic acids is 2. The molecule has 6 nitrogen and oxygen atoms in total. The molecule has 0 aromatic heterocycles. The second-order valence-electron chi connectivity index (χ2n) is 6.03. The van der Waals surface area contributed by atoms with Crippen LogP contribution in [-0.4, -0.2) is 29.2 Å². The van der Waals surface area contributed by atoms with Gasteiger partial charge in [0.1, 0.15) is 11.8 Å². The topological polar surface area (TPSA) is 90.8 Å². The number of nitrogens with one attached hydrogen (secondary N) is 2. The quantitative estimate of drug-likeness (QED) is 0.537. The summed E-state index contributed by atoms with van der Waals surface area (Å²) in [6.07, 6.45) is 1.45. The van der Waals surface area contributed by atoms with Crippen molar-refractivity contribution in [1.82, 2.24) is 10.7 Å². The van der Waals surface area contributed by atoms with E-state index in [4.69, 9.17) is 11.6 Å². The number of carbonyl (C=O) groups is 2. The van der Waals surface area contributed by atoms with Gasteiger partial charge < -0.3 is 10.4 Å². The molecule has 26 heavy (non-hydrogen) atoms. The highest BCUT2D eigenvalue weighted by Gasteiger charge is 2.24. The van der Waals surface area contributed by atoms with Gasteiger partial charge in [0.05, 0.1) is 6.21 Å². The van der Waals surface area contributed by atoms with Crippen LogP contribution in [0.4, 0.5) is 0 Å². The highest BCUT2D eigenvalue weighted by molar-refractivity contribution is 6.31. The molecule has 0 aliphatic carbocycles. The molecule has 0 aliphatic heterocycles. The molecule has 0 heterocycles. The lowest BCUT2D eigenvalue weighted by atomic mass is 10.0. The molecule has 0 saturated carbocycles. The number of halogens is 1. The summed E-state index contributed by atoms with van der Waals surface area (Å²) in [5.74, 6) is -0.800. The molecular formula is C19H20ClN3O3. The van der Waals surface area contributed by atoms with Gasteiger partial charge in [-0.3, -0.25) is 9.59 Å². The van der Waals surface area contributed by atoms with Gasteiger partial charge in [-0.25, -0.2) is 5.43 Å². The van der Waals surface area contributed by atoms with Gasteiger partial charge in [-0.15, -0.1) is 0 Å². The molecule has 2 aromatic rings. The lowest BCUT2D eigenvalue weighted by Crippen LogP contribution is -2.48. The van der Waals surface area contributed by atoms with Crippen molar-refractivity contribution >= 4 is 29.6 Å². The van der Waals surface area contributed by atoms with Crippen molar-refractivity contribution in [2.45, 2.75) is 19.9 Å². The maximum absolute atomic E-state index is 12.4. The molecule has 1 unspecified atom stereocenters. The predicted octanol–water partition coefficient (Wildman–Crippen LogP) is 2.95. The Hall–Kier alpha value is -2.86. The first kappa shape index (κ1) is 19.5. The molecule has 0 fully saturated rings. The fourth-order valence-corrected chi connectivity index (χ4v) is 2.38. The van der Waals surface area contributed by atoms with Gasteiger partial charge in [-0.1, -0.05) is 31.5 Å². The predicted molar refractivity (Wildman–Crippen MR) is 101 cm³/mol. The lowest BCUT2D eigenvalue weighted by molar-refractivity contribution is -0.123. The Morgan fingerprint density at radius 2 is 1.85 bits per heavy atom. The van der Waals surface area contributed by atoms with Gasteiger partial charge in [0.2, 0.25) is 0 Å². The smallest absolute Gasteiger partial charge is 0.262 e. The van der Waals surface area contributed by atoms with E-state index in [-0.39, 0.29) is 17.6 Å². The minimum atomic E-state index is -0.751. The molecule has 1 atom stereocenters. The zero-order chi connectivity index (χ0) is 19.1. The van der Waals surface area contributed by atoms with Crippen LogP contribution in [0.5, 0.6) is 5.75 Å². The highest BCUT2D eigenvalue weighted by Crippen LogP contribution is 2.12. The standard InChI is InChI=1S/C19H20ClN3O3/c1-12(2)17(22-18(25)14-4-3-5-15(20)10-14)19(26)23-21-11-13-6-8-16(24)9-7-13/h3-12,17,24H,1-2H3,(H,22,25)(H,23,26). The molecule has 136 valence electrons. The summed E-state index contributed by atoms with van der Waals surface area (Å²) in [4.78, 5) is 24.7. The van der Waals surface area contributed by atoms with E-state index < -0.39 is 11.9 Å². The monoisotopic (exact) mass is 373 g/mol. The number of hydrogen-bond acceptors (Lipinski definition) is 4. The molecule has 2 rings (SSSR count). The van der Waals surface area contributed by atoms with E-state index in [0.717, 1.165) is 0 Å². The van der Waals surface area contributed by atoms with Crippen LogP contribution in [-0.2, 0) is 4.79 Å². The number of rotatable bonds is 6. The van der Waals surface area contributed by atoms with E-state index in [1.807, 2.05) is 13.8 Å². The van der Waals surface area contributed by atoms with Gasteiger partial charge in [0, 0.05) is 10.6 Å². The molecule has 3 N–H and O–H groups in total. The van der Waals surface area contributed by atoms with Crippen LogP contribution < -0.4 is 10.7 Å². The first-order chi connectivity index (χ1) is 12.4. The maximum Gasteiger partial charge on any atom is 0.262 e. The van der Waals surface area contributed by atoms with Crippen LogP contribution in [0.2, 0.25) is 5.02 Å². The molecule has 0 saturated heterocycles. The summed E-state index contributed by atoms with van der Waals surface area (Å²) in [6.45, 7) is 3.65. The third kappa shape index (κ3) is 5.60. The Kier molecular flexibility index (Phi) is 6.74. The number of nitrogens with zero attached hydrogens (tertiary/aromatic N) is 1. The Bertz CT molecular complexity index is 804.